The number of nitrogens with one attached hydrogen (secondary N) is 3. The Morgan fingerprint density at radius 2 is 1.79 bits per heavy atom. The highest BCUT2D eigenvalue weighted by Crippen LogP contribution is 2.33. The Morgan fingerprint density at radius 3 is 2.57 bits per heavy atom. The zero-order valence-corrected chi connectivity index (χ0v) is 26.6. The Labute approximate surface area is 272 Å². The van der Waals surface area contributed by atoms with Crippen LogP contribution in [0.3, 0.4) is 0 Å². The van der Waals surface area contributed by atoms with Crippen LogP contribution in [0.15, 0.2) is 66.7 Å². The summed E-state index contributed by atoms with van der Waals surface area (Å²) in [7, 11) is 5.00. The third-order valence-electron chi connectivity index (χ3n) is 8.71. The number of nitrogens with zero attached hydrogens (tertiary/aromatic N) is 3. The van der Waals surface area contributed by atoms with Crippen molar-refractivity contribution in [2.45, 2.75) is 50.4 Å². The van der Waals surface area contributed by atoms with Crippen LogP contribution < -0.4 is 20.3 Å². The standard InChI is InChI=1S/C35H38N6O6/c1-41-27-16-22(13-15-32(42)36-25-11-7-10-23-18-29(45-2)30(46-3)19-24(23)25)12-14-28(27)47-20-26(35(41)44)37-34(43)33-38-31(39-40-33)17-21-8-5-4-6-9-21/h4-12,14,16,26,29-30H,13,15,17-20H2,1-3H3,(H,36,42)(H,37,43)(H,38,39,40)/t26-,29?,30?/m0/s1. The fourth-order valence-corrected chi connectivity index (χ4v) is 6.10. The monoisotopic (exact) mass is 638 g/mol. The van der Waals surface area contributed by atoms with Crippen LogP contribution in [0.5, 0.6) is 5.75 Å². The molecule has 2 aliphatic rings. The van der Waals surface area contributed by atoms with Crippen LogP contribution in [-0.4, -0.2) is 79.0 Å². The Kier molecular flexibility index (Phi) is 9.60. The minimum Gasteiger partial charge on any atom is -0.489 e. The van der Waals surface area contributed by atoms with Gasteiger partial charge in [-0.05, 0) is 46.9 Å². The number of ether oxygens (including phenoxy) is 3. The fourth-order valence-electron chi connectivity index (χ4n) is 6.10. The van der Waals surface area contributed by atoms with E-state index in [0.717, 1.165) is 34.4 Å². The van der Waals surface area contributed by atoms with Gasteiger partial charge in [-0.15, -0.1) is 5.10 Å². The second-order valence-corrected chi connectivity index (χ2v) is 11.8. The predicted octanol–water partition coefficient (Wildman–Crippen LogP) is 3.25. The molecule has 244 valence electrons. The van der Waals surface area contributed by atoms with Gasteiger partial charge in [-0.25, -0.2) is 4.98 Å². The number of fused-ring (bicyclic) bond motifs is 2. The number of likely N-dealkylation sites (N-methyl/N-ethyl adjacent to an activating group) is 1. The quantitative estimate of drug-likeness (QED) is 0.240. The van der Waals surface area contributed by atoms with E-state index in [9.17, 15) is 14.4 Å². The molecule has 2 unspecified atom stereocenters. The largest absolute Gasteiger partial charge is 0.489 e. The summed E-state index contributed by atoms with van der Waals surface area (Å²) in [6.45, 7) is -0.0542. The molecule has 12 nitrogen and oxygen atoms in total. The lowest BCUT2D eigenvalue weighted by Crippen LogP contribution is -2.49. The Bertz CT molecular complexity index is 1760. The van der Waals surface area contributed by atoms with Gasteiger partial charge >= 0.3 is 0 Å². The summed E-state index contributed by atoms with van der Waals surface area (Å²) in [6.07, 6.45) is 2.46. The number of aryl methyl sites for hydroxylation is 1. The normalized spacial score (nSPS) is 18.8. The molecule has 3 amide bonds. The van der Waals surface area contributed by atoms with E-state index in [2.05, 4.69) is 31.9 Å². The highest BCUT2D eigenvalue weighted by atomic mass is 16.5. The number of carbonyl (C=O) groups excluding carboxylic acids is 3. The predicted molar refractivity (Wildman–Crippen MR) is 175 cm³/mol. The van der Waals surface area contributed by atoms with E-state index < -0.39 is 11.9 Å². The van der Waals surface area contributed by atoms with Crippen LogP contribution in [0.2, 0.25) is 0 Å². The number of carbonyl (C=O) groups is 3. The molecule has 6 rings (SSSR count). The van der Waals surface area contributed by atoms with E-state index in [4.69, 9.17) is 14.2 Å². The smallest absolute Gasteiger partial charge is 0.291 e. The number of hydrogen-bond acceptors (Lipinski definition) is 8. The second-order valence-electron chi connectivity index (χ2n) is 11.8. The topological polar surface area (TPSA) is 148 Å². The number of aromatic nitrogens is 3. The number of benzene rings is 3. The third kappa shape index (κ3) is 7.18. The molecule has 0 saturated carbocycles. The minimum atomic E-state index is -0.945. The Morgan fingerprint density at radius 1 is 1.00 bits per heavy atom. The number of H-pyrrole nitrogens is 1. The molecule has 0 fully saturated rings. The lowest BCUT2D eigenvalue weighted by atomic mass is 9.86. The van der Waals surface area contributed by atoms with E-state index >= 15 is 0 Å². The van der Waals surface area contributed by atoms with Crippen LogP contribution in [-0.2, 0) is 44.7 Å². The van der Waals surface area contributed by atoms with E-state index in [1.54, 1.807) is 27.3 Å². The summed E-state index contributed by atoms with van der Waals surface area (Å²) in [5, 5.41) is 12.6. The second kappa shape index (κ2) is 14.1. The number of hydrogen-bond donors (Lipinski definition) is 3. The van der Waals surface area contributed by atoms with Crippen LogP contribution >= 0.6 is 0 Å². The van der Waals surface area contributed by atoms with Gasteiger partial charge in [0.2, 0.25) is 11.7 Å². The van der Waals surface area contributed by atoms with Crippen LogP contribution in [0.4, 0.5) is 11.4 Å². The first-order valence-electron chi connectivity index (χ1n) is 15.6. The molecule has 2 heterocycles. The molecule has 1 aliphatic carbocycles. The zero-order chi connectivity index (χ0) is 32.9. The Hall–Kier alpha value is -5.07. The molecule has 3 N–H and O–H groups in total. The number of amides is 3. The van der Waals surface area contributed by atoms with Gasteiger partial charge in [-0.3, -0.25) is 19.5 Å². The van der Waals surface area contributed by atoms with Crippen molar-refractivity contribution in [2.75, 3.05) is 38.1 Å². The van der Waals surface area contributed by atoms with Gasteiger partial charge in [0, 0.05) is 52.6 Å². The Balaban J connectivity index is 1.06. The molecule has 3 atom stereocenters. The van der Waals surface area contributed by atoms with Crippen molar-refractivity contribution in [3.8, 4) is 5.75 Å². The molecule has 3 aromatic carbocycles. The SMILES string of the molecule is COC1Cc2cccc(NC(=O)CCc3ccc4c(c3)N(C)C(=O)[C@@H](NC(=O)c3n[nH]c(Cc5ccccc5)n3)CO4)c2CC1OC. The molecule has 0 bridgehead atoms. The van der Waals surface area contributed by atoms with Crippen LogP contribution in [0.25, 0.3) is 0 Å². The van der Waals surface area contributed by atoms with Crippen LogP contribution in [0.1, 0.15) is 45.1 Å². The lowest BCUT2D eigenvalue weighted by Gasteiger charge is -2.32. The van der Waals surface area contributed by atoms with Gasteiger partial charge in [-0.2, -0.15) is 0 Å². The molecule has 0 saturated heterocycles. The molecular weight excluding hydrogens is 600 g/mol. The van der Waals surface area contributed by atoms with Gasteiger partial charge in [0.15, 0.2) is 0 Å². The van der Waals surface area contributed by atoms with Crippen molar-refractivity contribution in [3.05, 3.63) is 101 Å². The minimum absolute atomic E-state index is 0.0289. The maximum atomic E-state index is 13.4. The fraction of sp³-hybridized carbons (Fsp3) is 0.343. The van der Waals surface area contributed by atoms with Gasteiger partial charge in [0.05, 0.1) is 17.9 Å². The number of anilines is 2. The average molecular weight is 639 g/mol. The summed E-state index contributed by atoms with van der Waals surface area (Å²) in [4.78, 5) is 45.2. The number of rotatable bonds is 10. The van der Waals surface area contributed by atoms with Crippen molar-refractivity contribution >= 4 is 29.1 Å². The molecule has 0 radical (unpaired) electrons. The molecule has 1 aliphatic heterocycles. The van der Waals surface area contributed by atoms with Gasteiger partial charge in [0.25, 0.3) is 11.8 Å². The lowest BCUT2D eigenvalue weighted by molar-refractivity contribution is -0.120. The van der Waals surface area contributed by atoms with Crippen molar-refractivity contribution in [1.82, 2.24) is 20.5 Å². The van der Waals surface area contributed by atoms with E-state index in [1.165, 1.54) is 4.90 Å². The maximum Gasteiger partial charge on any atom is 0.291 e. The van der Waals surface area contributed by atoms with Gasteiger partial charge in [0.1, 0.15) is 24.2 Å². The summed E-state index contributed by atoms with van der Waals surface area (Å²) in [5.41, 5.74) is 5.45. The molecule has 1 aromatic heterocycles. The summed E-state index contributed by atoms with van der Waals surface area (Å²) in [6, 6.07) is 20.2. The maximum absolute atomic E-state index is 13.4. The summed E-state index contributed by atoms with van der Waals surface area (Å²) < 4.78 is 17.2. The zero-order valence-electron chi connectivity index (χ0n) is 26.6. The first kappa shape index (κ1) is 31.9. The van der Waals surface area contributed by atoms with Crippen molar-refractivity contribution in [1.29, 1.82) is 0 Å². The summed E-state index contributed by atoms with van der Waals surface area (Å²) in [5.74, 6) is -0.0400. The molecule has 4 aromatic rings. The van der Waals surface area contributed by atoms with Crippen LogP contribution in [0, 0.1) is 0 Å². The van der Waals surface area contributed by atoms with Crippen molar-refractivity contribution in [2.24, 2.45) is 0 Å². The number of methoxy groups -OCH3 is 2. The molecular formula is C35H38N6O6. The van der Waals surface area contributed by atoms with E-state index in [1.807, 2.05) is 54.6 Å². The van der Waals surface area contributed by atoms with E-state index in [-0.39, 0.29) is 42.9 Å². The summed E-state index contributed by atoms with van der Waals surface area (Å²) >= 11 is 0. The third-order valence-corrected chi connectivity index (χ3v) is 8.71. The average Bonchev–Trinajstić information content (AvgIpc) is 3.53. The molecule has 47 heavy (non-hydrogen) atoms. The molecule has 12 heteroatoms. The van der Waals surface area contributed by atoms with Gasteiger partial charge < -0.3 is 29.7 Å². The molecule has 0 spiro atoms. The highest BCUT2D eigenvalue weighted by molar-refractivity contribution is 6.02. The number of aromatic amines is 1. The van der Waals surface area contributed by atoms with Crippen molar-refractivity contribution in [3.63, 3.8) is 0 Å². The first-order valence-corrected chi connectivity index (χ1v) is 15.6. The van der Waals surface area contributed by atoms with Crippen molar-refractivity contribution < 1.29 is 28.6 Å². The highest BCUT2D eigenvalue weighted by Gasteiger charge is 2.32. The first-order chi connectivity index (χ1) is 22.8. The van der Waals surface area contributed by atoms with E-state index in [0.29, 0.717) is 36.5 Å². The van der Waals surface area contributed by atoms with Gasteiger partial charge in [-0.1, -0.05) is 48.5 Å².